The van der Waals surface area contributed by atoms with Crippen molar-refractivity contribution in [2.45, 2.75) is 36.9 Å². The van der Waals surface area contributed by atoms with Crippen molar-refractivity contribution in [3.05, 3.63) is 32.5 Å². The summed E-state index contributed by atoms with van der Waals surface area (Å²) < 4.78 is 27.4. The molecule has 1 saturated heterocycles. The van der Waals surface area contributed by atoms with E-state index in [4.69, 9.17) is 11.6 Å². The minimum atomic E-state index is -3.78. The average Bonchev–Trinajstić information content (AvgIpc) is 3.28. The highest BCUT2D eigenvalue weighted by molar-refractivity contribution is 7.91. The molecule has 0 aromatic carbocycles. The molecule has 1 N–H and O–H groups in total. The molecule has 1 atom stereocenters. The SMILES string of the molecule is Cc1sc(NC(=O)C2CCCN2S(=O)(=O)c2ccc(Cl)s2)c(C#N)c1C. The van der Waals surface area contributed by atoms with Crippen LogP contribution in [0.25, 0.3) is 0 Å². The van der Waals surface area contributed by atoms with Gasteiger partial charge in [-0.1, -0.05) is 11.6 Å². The summed E-state index contributed by atoms with van der Waals surface area (Å²) in [6, 6.07) is 4.29. The number of sulfonamides is 1. The van der Waals surface area contributed by atoms with Gasteiger partial charge in [-0.25, -0.2) is 8.42 Å². The molecule has 0 spiro atoms. The molecule has 26 heavy (non-hydrogen) atoms. The van der Waals surface area contributed by atoms with Crippen LogP contribution >= 0.6 is 34.3 Å². The molecule has 1 amide bonds. The van der Waals surface area contributed by atoms with E-state index < -0.39 is 22.0 Å². The first-order valence-corrected chi connectivity index (χ1v) is 11.3. The van der Waals surface area contributed by atoms with Crippen LogP contribution in [0, 0.1) is 25.2 Å². The van der Waals surface area contributed by atoms with Crippen molar-refractivity contribution in [1.82, 2.24) is 4.31 Å². The Kier molecular flexibility index (Phi) is 5.42. The fraction of sp³-hybridized carbons (Fsp3) is 0.375. The lowest BCUT2D eigenvalue weighted by molar-refractivity contribution is -0.119. The number of hydrogen-bond acceptors (Lipinski definition) is 6. The second-order valence-corrected chi connectivity index (χ2v) is 11.0. The zero-order valence-electron chi connectivity index (χ0n) is 14.1. The predicted octanol–water partition coefficient (Wildman–Crippen LogP) is 3.74. The molecule has 0 aliphatic carbocycles. The monoisotopic (exact) mass is 429 g/mol. The summed E-state index contributed by atoms with van der Waals surface area (Å²) in [6.45, 7) is 3.99. The molecule has 2 aromatic rings. The molecular weight excluding hydrogens is 414 g/mol. The molecule has 3 heterocycles. The van der Waals surface area contributed by atoms with Gasteiger partial charge in [-0.05, 0) is 44.4 Å². The Morgan fingerprint density at radius 2 is 2.12 bits per heavy atom. The van der Waals surface area contributed by atoms with Crippen molar-refractivity contribution in [2.24, 2.45) is 0 Å². The van der Waals surface area contributed by atoms with E-state index >= 15 is 0 Å². The Balaban J connectivity index is 1.86. The van der Waals surface area contributed by atoms with Crippen LogP contribution in [0.1, 0.15) is 28.8 Å². The number of halogens is 1. The van der Waals surface area contributed by atoms with Crippen LogP contribution in [-0.2, 0) is 14.8 Å². The number of nitriles is 1. The zero-order valence-corrected chi connectivity index (χ0v) is 17.3. The molecule has 1 fully saturated rings. The van der Waals surface area contributed by atoms with Crippen molar-refractivity contribution in [3.63, 3.8) is 0 Å². The topological polar surface area (TPSA) is 90.3 Å². The normalized spacial score (nSPS) is 18.0. The third-order valence-electron chi connectivity index (χ3n) is 4.35. The number of carbonyl (C=O) groups excluding carboxylic acids is 1. The van der Waals surface area contributed by atoms with Gasteiger partial charge in [0.1, 0.15) is 21.3 Å². The predicted molar refractivity (Wildman–Crippen MR) is 103 cm³/mol. The van der Waals surface area contributed by atoms with Crippen molar-refractivity contribution in [1.29, 1.82) is 5.26 Å². The van der Waals surface area contributed by atoms with Crippen LogP contribution in [-0.4, -0.2) is 31.2 Å². The molecule has 6 nitrogen and oxygen atoms in total. The van der Waals surface area contributed by atoms with Gasteiger partial charge in [-0.2, -0.15) is 9.57 Å². The fourth-order valence-corrected chi connectivity index (χ4v) is 7.17. The van der Waals surface area contributed by atoms with Crippen molar-refractivity contribution < 1.29 is 13.2 Å². The fourth-order valence-electron chi connectivity index (χ4n) is 2.89. The first-order valence-electron chi connectivity index (χ1n) is 7.84. The van der Waals surface area contributed by atoms with Gasteiger partial charge in [-0.15, -0.1) is 22.7 Å². The minimum Gasteiger partial charge on any atom is -0.315 e. The summed E-state index contributed by atoms with van der Waals surface area (Å²) in [5.41, 5.74) is 1.26. The quantitative estimate of drug-likeness (QED) is 0.801. The first-order chi connectivity index (χ1) is 12.3. The Morgan fingerprint density at radius 3 is 2.73 bits per heavy atom. The van der Waals surface area contributed by atoms with E-state index in [9.17, 15) is 18.5 Å². The Bertz CT molecular complexity index is 1000. The van der Waals surface area contributed by atoms with E-state index in [1.807, 2.05) is 13.8 Å². The third kappa shape index (κ3) is 3.40. The number of amides is 1. The second-order valence-electron chi connectivity index (χ2n) is 5.92. The third-order valence-corrected chi connectivity index (χ3v) is 9.08. The van der Waals surface area contributed by atoms with E-state index in [1.165, 1.54) is 27.8 Å². The lowest BCUT2D eigenvalue weighted by atomic mass is 10.2. The van der Waals surface area contributed by atoms with Crippen LogP contribution in [0.2, 0.25) is 4.34 Å². The highest BCUT2D eigenvalue weighted by Gasteiger charge is 2.40. The van der Waals surface area contributed by atoms with Gasteiger partial charge in [0.15, 0.2) is 0 Å². The number of aryl methyl sites for hydroxylation is 1. The molecule has 2 aromatic heterocycles. The molecule has 0 saturated carbocycles. The largest absolute Gasteiger partial charge is 0.315 e. The smallest absolute Gasteiger partial charge is 0.253 e. The molecule has 1 aliphatic rings. The number of carbonyl (C=O) groups is 1. The van der Waals surface area contributed by atoms with Gasteiger partial charge in [0.2, 0.25) is 5.91 Å². The highest BCUT2D eigenvalue weighted by atomic mass is 35.5. The first kappa shape index (κ1) is 19.3. The molecule has 10 heteroatoms. The lowest BCUT2D eigenvalue weighted by Gasteiger charge is -2.22. The van der Waals surface area contributed by atoms with Crippen LogP contribution in [0.4, 0.5) is 5.00 Å². The molecule has 138 valence electrons. The van der Waals surface area contributed by atoms with Crippen molar-refractivity contribution in [2.75, 3.05) is 11.9 Å². The number of anilines is 1. The Labute approximate surface area is 165 Å². The van der Waals surface area contributed by atoms with Gasteiger partial charge in [0.05, 0.1) is 9.90 Å². The van der Waals surface area contributed by atoms with Gasteiger partial charge >= 0.3 is 0 Å². The number of rotatable bonds is 4. The average molecular weight is 430 g/mol. The number of hydrogen-bond donors (Lipinski definition) is 1. The van der Waals surface area contributed by atoms with Gasteiger partial charge in [0.25, 0.3) is 10.0 Å². The zero-order chi connectivity index (χ0) is 19.1. The van der Waals surface area contributed by atoms with E-state index in [0.717, 1.165) is 21.8 Å². The minimum absolute atomic E-state index is 0.128. The molecule has 3 rings (SSSR count). The summed E-state index contributed by atoms with van der Waals surface area (Å²) in [5, 5.41) is 12.5. The van der Waals surface area contributed by atoms with Gasteiger partial charge < -0.3 is 5.32 Å². The van der Waals surface area contributed by atoms with E-state index in [1.54, 1.807) is 0 Å². The van der Waals surface area contributed by atoms with E-state index in [2.05, 4.69) is 11.4 Å². The summed E-state index contributed by atoms with van der Waals surface area (Å²) in [5.74, 6) is -0.411. The molecule has 0 radical (unpaired) electrons. The molecule has 1 aliphatic heterocycles. The van der Waals surface area contributed by atoms with E-state index in [-0.39, 0.29) is 10.8 Å². The Morgan fingerprint density at radius 1 is 1.38 bits per heavy atom. The number of nitrogens with zero attached hydrogens (tertiary/aromatic N) is 2. The van der Waals surface area contributed by atoms with Crippen LogP contribution in [0.15, 0.2) is 16.3 Å². The summed E-state index contributed by atoms with van der Waals surface area (Å²) in [6.07, 6.45) is 1.04. The van der Waals surface area contributed by atoms with Crippen LogP contribution < -0.4 is 5.32 Å². The maximum Gasteiger partial charge on any atom is 0.253 e. The summed E-state index contributed by atoms with van der Waals surface area (Å²) in [7, 11) is -3.78. The number of nitrogens with one attached hydrogen (secondary N) is 1. The lowest BCUT2D eigenvalue weighted by Crippen LogP contribution is -2.42. The highest BCUT2D eigenvalue weighted by Crippen LogP contribution is 2.35. The molecule has 1 unspecified atom stereocenters. The maximum absolute atomic E-state index is 12.8. The van der Waals surface area contributed by atoms with Crippen LogP contribution in [0.5, 0.6) is 0 Å². The molecule has 0 bridgehead atoms. The maximum atomic E-state index is 12.8. The van der Waals surface area contributed by atoms with Gasteiger partial charge in [0, 0.05) is 11.4 Å². The van der Waals surface area contributed by atoms with Crippen molar-refractivity contribution in [3.8, 4) is 6.07 Å². The van der Waals surface area contributed by atoms with E-state index in [0.29, 0.717) is 27.7 Å². The summed E-state index contributed by atoms with van der Waals surface area (Å²) >= 11 is 8.15. The van der Waals surface area contributed by atoms with Crippen molar-refractivity contribution >= 4 is 55.2 Å². The molecular formula is C16H16ClN3O3S3. The van der Waals surface area contributed by atoms with Gasteiger partial charge in [-0.3, -0.25) is 4.79 Å². The summed E-state index contributed by atoms with van der Waals surface area (Å²) in [4.78, 5) is 13.7. The standard InChI is InChI=1S/C16H16ClN3O3S3/c1-9-10(2)24-16(11(9)8-18)19-15(21)12-4-3-7-20(12)26(22,23)14-6-5-13(17)25-14/h5-6,12H,3-4,7H2,1-2H3,(H,19,21). The van der Waals surface area contributed by atoms with Crippen LogP contribution in [0.3, 0.4) is 0 Å². The number of thiophene rings is 2. The second kappa shape index (κ2) is 7.29. The Hall–Kier alpha value is -1.44.